The molecule has 0 aliphatic heterocycles. The van der Waals surface area contributed by atoms with Gasteiger partial charge in [-0.2, -0.15) is 5.10 Å². The van der Waals surface area contributed by atoms with Gasteiger partial charge in [0.1, 0.15) is 12.1 Å². The zero-order valence-electron chi connectivity index (χ0n) is 12.6. The lowest BCUT2D eigenvalue weighted by molar-refractivity contribution is 0.746. The van der Waals surface area contributed by atoms with E-state index in [2.05, 4.69) is 15.4 Å². The summed E-state index contributed by atoms with van der Waals surface area (Å²) in [7, 11) is 1.86. The van der Waals surface area contributed by atoms with Crippen LogP contribution in [0.25, 0.3) is 10.7 Å². The topological polar surface area (TPSA) is 68.5 Å². The zero-order valence-corrected chi connectivity index (χ0v) is 14.2. The first-order chi connectivity index (χ1) is 11.2. The predicted molar refractivity (Wildman–Crippen MR) is 90.7 cm³/mol. The van der Waals surface area contributed by atoms with Crippen molar-refractivity contribution >= 4 is 28.8 Å². The first kappa shape index (κ1) is 14.6. The molecule has 4 rings (SSSR count). The molecule has 1 aliphatic rings. The number of aryl methyl sites for hydroxylation is 2. The summed E-state index contributed by atoms with van der Waals surface area (Å²) in [6.07, 6.45) is 4.83. The molecule has 0 fully saturated rings. The molecule has 3 aromatic heterocycles. The quantitative estimate of drug-likeness (QED) is 0.786. The summed E-state index contributed by atoms with van der Waals surface area (Å²) in [4.78, 5) is 14.7. The second kappa shape index (κ2) is 5.90. The summed E-state index contributed by atoms with van der Waals surface area (Å²) in [6.45, 7) is 0.551. The fourth-order valence-corrected chi connectivity index (χ4v) is 3.73. The van der Waals surface area contributed by atoms with Gasteiger partial charge in [-0.15, -0.1) is 11.3 Å². The Kier molecular flexibility index (Phi) is 3.74. The number of anilines is 1. The highest BCUT2D eigenvalue weighted by Crippen LogP contribution is 2.33. The summed E-state index contributed by atoms with van der Waals surface area (Å²) in [6, 6.07) is 3.84. The van der Waals surface area contributed by atoms with Crippen molar-refractivity contribution in [3.63, 3.8) is 0 Å². The van der Waals surface area contributed by atoms with Crippen LogP contribution in [0.1, 0.15) is 23.5 Å². The molecule has 0 radical (unpaired) electrons. The highest BCUT2D eigenvalue weighted by Gasteiger charge is 2.20. The second-order valence-electron chi connectivity index (χ2n) is 5.47. The van der Waals surface area contributed by atoms with Gasteiger partial charge in [0, 0.05) is 18.3 Å². The zero-order chi connectivity index (χ0) is 15.8. The van der Waals surface area contributed by atoms with Crippen LogP contribution in [0.5, 0.6) is 0 Å². The molecule has 0 saturated carbocycles. The minimum atomic E-state index is 0.551. The van der Waals surface area contributed by atoms with E-state index in [1.54, 1.807) is 11.0 Å². The Balaban J connectivity index is 1.66. The van der Waals surface area contributed by atoms with Crippen molar-refractivity contribution in [2.75, 3.05) is 5.32 Å². The Morgan fingerprint density at radius 2 is 2.22 bits per heavy atom. The van der Waals surface area contributed by atoms with Crippen LogP contribution < -0.4 is 5.32 Å². The number of nitrogens with one attached hydrogen (secondary N) is 1. The van der Waals surface area contributed by atoms with Crippen molar-refractivity contribution < 1.29 is 0 Å². The lowest BCUT2D eigenvalue weighted by atomic mass is 10.2. The van der Waals surface area contributed by atoms with Crippen LogP contribution in [0.3, 0.4) is 0 Å². The first-order valence-corrected chi connectivity index (χ1v) is 8.62. The van der Waals surface area contributed by atoms with E-state index >= 15 is 0 Å². The van der Waals surface area contributed by atoms with E-state index in [1.165, 1.54) is 16.9 Å². The van der Waals surface area contributed by atoms with Crippen LogP contribution in [-0.4, -0.2) is 24.7 Å². The van der Waals surface area contributed by atoms with Crippen LogP contribution in [-0.2, 0) is 26.4 Å². The number of hydrogen-bond donors (Lipinski definition) is 1. The maximum atomic E-state index is 6.04. The number of hydrogen-bond acceptors (Lipinski definition) is 6. The van der Waals surface area contributed by atoms with Gasteiger partial charge in [-0.3, -0.25) is 4.68 Å². The van der Waals surface area contributed by atoms with Crippen molar-refractivity contribution in [3.05, 3.63) is 39.9 Å². The van der Waals surface area contributed by atoms with E-state index in [9.17, 15) is 0 Å². The molecule has 118 valence electrons. The summed E-state index contributed by atoms with van der Waals surface area (Å²) in [5.74, 6) is 2.37. The molecule has 3 heterocycles. The molecule has 0 unspecified atom stereocenters. The molecule has 23 heavy (non-hydrogen) atoms. The average Bonchev–Trinajstić information content (AvgIpc) is 3.25. The monoisotopic (exact) mass is 346 g/mol. The molecule has 1 N–H and O–H groups in total. The fourth-order valence-electron chi connectivity index (χ4n) is 2.75. The highest BCUT2D eigenvalue weighted by atomic mass is 35.5. The molecule has 3 aromatic rings. The Labute approximate surface area is 142 Å². The minimum absolute atomic E-state index is 0.551. The number of aromatic nitrogens is 5. The Bertz CT molecular complexity index is 856. The Morgan fingerprint density at radius 1 is 1.30 bits per heavy atom. The number of fused-ring (bicyclic) bond motifs is 1. The molecular formula is C15H15ClN6S. The van der Waals surface area contributed by atoms with Crippen LogP contribution >= 0.6 is 22.9 Å². The maximum Gasteiger partial charge on any atom is 0.171 e. The van der Waals surface area contributed by atoms with Gasteiger partial charge in [-0.1, -0.05) is 11.6 Å². The third-order valence-corrected chi connectivity index (χ3v) is 5.01. The fraction of sp³-hybridized carbons (Fsp3) is 0.333. The third-order valence-electron chi connectivity index (χ3n) is 3.79. The van der Waals surface area contributed by atoms with Gasteiger partial charge in [0.25, 0.3) is 0 Å². The van der Waals surface area contributed by atoms with Gasteiger partial charge in [-0.25, -0.2) is 15.0 Å². The predicted octanol–water partition coefficient (Wildman–Crippen LogP) is 3.09. The largest absolute Gasteiger partial charge is 0.362 e. The van der Waals surface area contributed by atoms with Crippen molar-refractivity contribution in [1.29, 1.82) is 0 Å². The van der Waals surface area contributed by atoms with E-state index in [0.29, 0.717) is 6.54 Å². The summed E-state index contributed by atoms with van der Waals surface area (Å²) in [5.41, 5.74) is 2.35. The molecule has 1 aliphatic carbocycles. The van der Waals surface area contributed by atoms with Gasteiger partial charge in [0.05, 0.1) is 15.8 Å². The van der Waals surface area contributed by atoms with E-state index in [1.807, 2.05) is 19.2 Å². The lowest BCUT2D eigenvalue weighted by Crippen LogP contribution is -2.08. The minimum Gasteiger partial charge on any atom is -0.362 e. The Hall–Kier alpha value is -1.99. The summed E-state index contributed by atoms with van der Waals surface area (Å²) in [5, 5.41) is 7.66. The van der Waals surface area contributed by atoms with E-state index in [-0.39, 0.29) is 0 Å². The van der Waals surface area contributed by atoms with Gasteiger partial charge >= 0.3 is 0 Å². The molecule has 0 amide bonds. The van der Waals surface area contributed by atoms with Crippen molar-refractivity contribution in [2.45, 2.75) is 25.8 Å². The highest BCUT2D eigenvalue weighted by molar-refractivity contribution is 7.19. The Morgan fingerprint density at radius 3 is 2.96 bits per heavy atom. The third kappa shape index (κ3) is 2.94. The van der Waals surface area contributed by atoms with Gasteiger partial charge in [0.2, 0.25) is 0 Å². The van der Waals surface area contributed by atoms with Crippen LogP contribution in [0.4, 0.5) is 5.82 Å². The van der Waals surface area contributed by atoms with E-state index < -0.39 is 0 Å². The maximum absolute atomic E-state index is 6.04. The summed E-state index contributed by atoms with van der Waals surface area (Å²) < 4.78 is 2.44. The molecule has 0 spiro atoms. The van der Waals surface area contributed by atoms with Crippen molar-refractivity contribution in [1.82, 2.24) is 24.7 Å². The molecule has 8 heteroatoms. The number of nitrogens with zero attached hydrogens (tertiary/aromatic N) is 5. The smallest absolute Gasteiger partial charge is 0.171 e. The molecule has 0 atom stereocenters. The second-order valence-corrected chi connectivity index (χ2v) is 7.18. The van der Waals surface area contributed by atoms with Gasteiger partial charge < -0.3 is 5.32 Å². The first-order valence-electron chi connectivity index (χ1n) is 7.43. The molecule has 0 saturated heterocycles. The molecule has 0 bridgehead atoms. The SMILES string of the molecule is Cn1cnc(CNc2nc(-c3ccc(Cl)s3)nc3c2CCC3)n1. The van der Waals surface area contributed by atoms with Crippen LogP contribution in [0, 0.1) is 0 Å². The summed E-state index contributed by atoms with van der Waals surface area (Å²) >= 11 is 7.54. The number of rotatable bonds is 4. The number of thiophene rings is 1. The molecule has 6 nitrogen and oxygen atoms in total. The normalized spacial score (nSPS) is 13.3. The number of halogens is 1. The molecular weight excluding hydrogens is 332 g/mol. The van der Waals surface area contributed by atoms with Crippen LogP contribution in [0.2, 0.25) is 4.34 Å². The molecule has 0 aromatic carbocycles. The van der Waals surface area contributed by atoms with Crippen molar-refractivity contribution in [2.24, 2.45) is 7.05 Å². The van der Waals surface area contributed by atoms with Gasteiger partial charge in [0.15, 0.2) is 11.6 Å². The standard InChI is InChI=1S/C15H15ClN6S/c1-22-8-18-13(21-22)7-17-14-9-3-2-4-10(9)19-15(20-14)11-5-6-12(16)23-11/h5-6,8H,2-4,7H2,1H3,(H,17,19,20). The van der Waals surface area contributed by atoms with Gasteiger partial charge in [-0.05, 0) is 31.4 Å². The lowest BCUT2D eigenvalue weighted by Gasteiger charge is -2.10. The van der Waals surface area contributed by atoms with E-state index in [4.69, 9.17) is 21.6 Å². The van der Waals surface area contributed by atoms with Crippen LogP contribution in [0.15, 0.2) is 18.5 Å². The van der Waals surface area contributed by atoms with Crippen molar-refractivity contribution in [3.8, 4) is 10.7 Å². The average molecular weight is 347 g/mol. The van der Waals surface area contributed by atoms with E-state index in [0.717, 1.165) is 51.6 Å².